The Bertz CT molecular complexity index is 992. The third-order valence-corrected chi connectivity index (χ3v) is 6.60. The van der Waals surface area contributed by atoms with E-state index in [-0.39, 0.29) is 17.7 Å². The molecular formula is C20H28N6O6S. The van der Waals surface area contributed by atoms with Crippen LogP contribution in [-0.2, 0) is 24.4 Å². The van der Waals surface area contributed by atoms with Gasteiger partial charge >= 0.3 is 5.97 Å². The number of rotatable bonds is 12. The van der Waals surface area contributed by atoms with E-state index >= 15 is 0 Å². The lowest BCUT2D eigenvalue weighted by Gasteiger charge is -2.31. The van der Waals surface area contributed by atoms with Crippen molar-refractivity contribution in [2.45, 2.75) is 48.8 Å². The second kappa shape index (κ2) is 11.1. The fraction of sp³-hybridized carbons (Fsp3) is 0.500. The van der Waals surface area contributed by atoms with Crippen LogP contribution in [0.4, 0.5) is 0 Å². The van der Waals surface area contributed by atoms with Crippen LogP contribution in [0.25, 0.3) is 0 Å². The number of carbonyl (C=O) groups excluding carboxylic acids is 1. The standard InChI is InChI=1S/C20H28N6O6S/c27-17(14-15-8-11-24-32-15)25-20(18(28)29,9-4-5-10-21-19-22-12-13-23-19)26-33(30,31)16-6-2-1-3-7-16/h1-3,6-7,11,15,26H,4-5,8-10,12-14H2,(H,25,27)(H,28,29)(H2,21,22,23). The number of oxime groups is 1. The van der Waals surface area contributed by atoms with Crippen molar-refractivity contribution < 1.29 is 28.0 Å². The highest BCUT2D eigenvalue weighted by molar-refractivity contribution is 7.89. The predicted octanol–water partition coefficient (Wildman–Crippen LogP) is -0.254. The van der Waals surface area contributed by atoms with Gasteiger partial charge in [-0.15, -0.1) is 0 Å². The molecule has 1 aromatic rings. The molecule has 12 nitrogen and oxygen atoms in total. The van der Waals surface area contributed by atoms with Gasteiger partial charge in [-0.2, -0.15) is 4.72 Å². The number of carboxylic acid groups (broad SMARTS) is 1. The average molecular weight is 481 g/mol. The monoisotopic (exact) mass is 480 g/mol. The van der Waals surface area contributed by atoms with Crippen molar-refractivity contribution in [1.29, 1.82) is 0 Å². The van der Waals surface area contributed by atoms with Gasteiger partial charge in [0.15, 0.2) is 5.96 Å². The highest BCUT2D eigenvalue weighted by atomic mass is 32.2. The maximum absolute atomic E-state index is 12.9. The van der Waals surface area contributed by atoms with E-state index in [1.807, 2.05) is 0 Å². The molecule has 0 radical (unpaired) electrons. The third kappa shape index (κ3) is 6.89. The van der Waals surface area contributed by atoms with Crippen LogP contribution in [-0.4, -0.2) is 69.0 Å². The number of guanidine groups is 1. The maximum Gasteiger partial charge on any atom is 0.345 e. The van der Waals surface area contributed by atoms with Crippen LogP contribution in [0.15, 0.2) is 45.4 Å². The van der Waals surface area contributed by atoms with Gasteiger partial charge < -0.3 is 25.9 Å². The van der Waals surface area contributed by atoms with Gasteiger partial charge in [0.05, 0.1) is 17.9 Å². The fourth-order valence-electron chi connectivity index (χ4n) is 3.42. The summed E-state index contributed by atoms with van der Waals surface area (Å²) < 4.78 is 28.1. The first kappa shape index (κ1) is 24.5. The van der Waals surface area contributed by atoms with Crippen LogP contribution < -0.4 is 20.7 Å². The van der Waals surface area contributed by atoms with Gasteiger partial charge in [0, 0.05) is 25.7 Å². The van der Waals surface area contributed by atoms with Crippen LogP contribution in [0, 0.1) is 0 Å². The number of nitrogens with one attached hydrogen (secondary N) is 4. The predicted molar refractivity (Wildman–Crippen MR) is 120 cm³/mol. The van der Waals surface area contributed by atoms with Crippen molar-refractivity contribution in [2.75, 3.05) is 19.6 Å². The molecule has 5 N–H and O–H groups in total. The van der Waals surface area contributed by atoms with Gasteiger partial charge in [-0.25, -0.2) is 13.2 Å². The van der Waals surface area contributed by atoms with E-state index in [4.69, 9.17) is 4.84 Å². The molecule has 2 aliphatic rings. The van der Waals surface area contributed by atoms with E-state index < -0.39 is 33.7 Å². The highest BCUT2D eigenvalue weighted by Crippen LogP contribution is 2.19. The van der Waals surface area contributed by atoms with Gasteiger partial charge in [-0.3, -0.25) is 9.79 Å². The number of hydrogen-bond acceptors (Lipinski definition) is 9. The second-order valence-electron chi connectivity index (χ2n) is 7.67. The number of benzene rings is 1. The van der Waals surface area contributed by atoms with E-state index in [2.05, 4.69) is 30.8 Å². The minimum atomic E-state index is -4.24. The molecule has 0 aliphatic carbocycles. The van der Waals surface area contributed by atoms with Crippen LogP contribution >= 0.6 is 0 Å². The lowest BCUT2D eigenvalue weighted by Crippen LogP contribution is -2.65. The van der Waals surface area contributed by atoms with Gasteiger partial charge in [0.25, 0.3) is 0 Å². The van der Waals surface area contributed by atoms with Crippen molar-refractivity contribution in [1.82, 2.24) is 20.7 Å². The smallest absolute Gasteiger partial charge is 0.345 e. The van der Waals surface area contributed by atoms with Crippen LogP contribution in [0.3, 0.4) is 0 Å². The molecule has 0 spiro atoms. The van der Waals surface area contributed by atoms with Crippen LogP contribution in [0.2, 0.25) is 0 Å². The first-order valence-corrected chi connectivity index (χ1v) is 12.1. The normalized spacial score (nSPS) is 19.2. The van der Waals surface area contributed by atoms with Crippen molar-refractivity contribution in [3.63, 3.8) is 0 Å². The average Bonchev–Trinajstić information content (AvgIpc) is 3.48. The molecule has 13 heteroatoms. The molecule has 2 unspecified atom stereocenters. The van der Waals surface area contributed by atoms with Gasteiger partial charge in [-0.05, 0) is 31.4 Å². The molecule has 2 atom stereocenters. The number of sulfonamides is 1. The molecule has 3 rings (SSSR count). The van der Waals surface area contributed by atoms with Crippen LogP contribution in [0.5, 0.6) is 0 Å². The molecule has 0 bridgehead atoms. The van der Waals surface area contributed by atoms with Crippen LogP contribution in [0.1, 0.15) is 32.1 Å². The minimum absolute atomic E-state index is 0.107. The molecule has 2 heterocycles. The molecule has 0 aromatic heterocycles. The first-order chi connectivity index (χ1) is 15.8. The quantitative estimate of drug-likeness (QED) is 0.201. The summed E-state index contributed by atoms with van der Waals surface area (Å²) in [4.78, 5) is 34.1. The van der Waals surface area contributed by atoms with Crippen molar-refractivity contribution in [2.24, 2.45) is 10.1 Å². The molecule has 2 aliphatic heterocycles. The summed E-state index contributed by atoms with van der Waals surface area (Å²) in [6, 6.07) is 7.39. The lowest BCUT2D eigenvalue weighted by atomic mass is 10.0. The Labute approximate surface area is 191 Å². The molecule has 1 amide bonds. The maximum atomic E-state index is 12.9. The summed E-state index contributed by atoms with van der Waals surface area (Å²) in [6.07, 6.45) is 1.92. The van der Waals surface area contributed by atoms with Gasteiger partial charge in [0.2, 0.25) is 21.6 Å². The molecular weight excluding hydrogens is 452 g/mol. The summed E-state index contributed by atoms with van der Waals surface area (Å²) in [5.41, 5.74) is -2.23. The van der Waals surface area contributed by atoms with E-state index in [0.29, 0.717) is 38.3 Å². The minimum Gasteiger partial charge on any atom is -0.478 e. The summed E-state index contributed by atoms with van der Waals surface area (Å²) in [5, 5.41) is 22.2. The Hall–Kier alpha value is -3.19. The molecule has 1 aromatic carbocycles. The van der Waals surface area contributed by atoms with Crippen molar-refractivity contribution in [3.8, 4) is 0 Å². The zero-order chi connectivity index (χ0) is 23.7. The summed E-state index contributed by atoms with van der Waals surface area (Å²) in [6.45, 7) is 1.95. The largest absolute Gasteiger partial charge is 0.478 e. The van der Waals surface area contributed by atoms with E-state index in [1.54, 1.807) is 6.07 Å². The Morgan fingerprint density at radius 1 is 1.24 bits per heavy atom. The van der Waals surface area contributed by atoms with Gasteiger partial charge in [0.1, 0.15) is 6.10 Å². The number of amides is 1. The Morgan fingerprint density at radius 2 is 2.03 bits per heavy atom. The Morgan fingerprint density at radius 3 is 2.67 bits per heavy atom. The number of carbonyl (C=O) groups is 2. The third-order valence-electron chi connectivity index (χ3n) is 5.09. The number of aliphatic imine (C=N–C) groups is 1. The zero-order valence-electron chi connectivity index (χ0n) is 18.0. The number of aliphatic carboxylic acids is 1. The molecule has 33 heavy (non-hydrogen) atoms. The Balaban J connectivity index is 1.71. The SMILES string of the molecule is O=C(CC1CC=NO1)NC(CCCCNC1=NCCN1)(NS(=O)(=O)c1ccccc1)C(=O)O. The highest BCUT2D eigenvalue weighted by Gasteiger charge is 2.44. The number of hydrogen-bond donors (Lipinski definition) is 5. The van der Waals surface area contributed by atoms with Gasteiger partial charge in [-0.1, -0.05) is 23.4 Å². The number of carboxylic acids is 1. The topological polar surface area (TPSA) is 171 Å². The molecule has 0 fully saturated rings. The van der Waals surface area contributed by atoms with E-state index in [1.165, 1.54) is 30.5 Å². The number of nitrogens with zero attached hydrogens (tertiary/aromatic N) is 2. The Kier molecular flexibility index (Phi) is 8.22. The van der Waals surface area contributed by atoms with E-state index in [0.717, 1.165) is 6.54 Å². The molecule has 0 saturated heterocycles. The number of unbranched alkanes of at least 4 members (excludes halogenated alkanes) is 1. The van der Waals surface area contributed by atoms with Crippen molar-refractivity contribution >= 4 is 34.1 Å². The fourth-order valence-corrected chi connectivity index (χ4v) is 4.75. The van der Waals surface area contributed by atoms with E-state index in [9.17, 15) is 23.1 Å². The lowest BCUT2D eigenvalue weighted by molar-refractivity contribution is -0.149. The molecule has 180 valence electrons. The zero-order valence-corrected chi connectivity index (χ0v) is 18.8. The summed E-state index contributed by atoms with van der Waals surface area (Å²) in [7, 11) is -4.24. The summed E-state index contributed by atoms with van der Waals surface area (Å²) in [5.74, 6) is -1.49. The summed E-state index contributed by atoms with van der Waals surface area (Å²) >= 11 is 0. The molecule has 0 saturated carbocycles. The second-order valence-corrected chi connectivity index (χ2v) is 9.36. The first-order valence-electron chi connectivity index (χ1n) is 10.6. The van der Waals surface area contributed by atoms with Crippen molar-refractivity contribution in [3.05, 3.63) is 30.3 Å².